The molecule has 0 fully saturated rings. The Bertz CT molecular complexity index is 374. The van der Waals surface area contributed by atoms with Crippen LogP contribution in [0.4, 0.5) is 0 Å². The van der Waals surface area contributed by atoms with Crippen LogP contribution in [0.1, 0.15) is 19.4 Å². The second-order valence-electron chi connectivity index (χ2n) is 3.17. The highest BCUT2D eigenvalue weighted by atomic mass is 32.2. The lowest BCUT2D eigenvalue weighted by Crippen LogP contribution is -1.79. The van der Waals surface area contributed by atoms with Crippen molar-refractivity contribution >= 4 is 17.0 Å². The molecule has 2 rings (SSSR count). The fraction of sp³-hybridized carbons (Fsp3) is 0.167. The zero-order valence-corrected chi connectivity index (χ0v) is 8.88. The predicted octanol–water partition coefficient (Wildman–Crippen LogP) is 3.95. The molecular weight excluding hydrogens is 176 g/mol. The second kappa shape index (κ2) is 3.43. The van der Waals surface area contributed by atoms with Crippen LogP contribution in [-0.4, -0.2) is 0 Å². The van der Waals surface area contributed by atoms with Crippen LogP contribution in [0, 0.1) is 0 Å². The van der Waals surface area contributed by atoms with Gasteiger partial charge in [0.05, 0.1) is 0 Å². The summed E-state index contributed by atoms with van der Waals surface area (Å²) in [7, 11) is -0.142. The van der Waals surface area contributed by atoms with Crippen LogP contribution in [0.15, 0.2) is 45.6 Å². The summed E-state index contributed by atoms with van der Waals surface area (Å²) >= 11 is 0. The van der Waals surface area contributed by atoms with Gasteiger partial charge in [0.15, 0.2) is 0 Å². The molecule has 1 aliphatic heterocycles. The molecule has 68 valence electrons. The smallest absolute Gasteiger partial charge is 0.00199 e. The number of fused-ring (bicyclic) bond motifs is 1. The Balaban J connectivity index is 2.44. The summed E-state index contributed by atoms with van der Waals surface area (Å²) in [6, 6.07) is 8.67. The summed E-state index contributed by atoms with van der Waals surface area (Å²) in [5.74, 6) is 0. The van der Waals surface area contributed by atoms with Crippen molar-refractivity contribution < 1.29 is 0 Å². The second-order valence-corrected chi connectivity index (χ2v) is 5.40. The van der Waals surface area contributed by atoms with E-state index in [2.05, 4.69) is 55.7 Å². The van der Waals surface area contributed by atoms with E-state index in [9.17, 15) is 0 Å². The van der Waals surface area contributed by atoms with E-state index in [1.54, 1.807) is 0 Å². The molecule has 0 N–H and O–H groups in total. The first-order valence-electron chi connectivity index (χ1n) is 4.52. The minimum atomic E-state index is -0.142. The van der Waals surface area contributed by atoms with Gasteiger partial charge in [-0.3, -0.25) is 0 Å². The first kappa shape index (κ1) is 8.64. The largest absolute Gasteiger partial charge is 0.183 e. The lowest BCUT2D eigenvalue weighted by molar-refractivity contribution is 1.43. The summed E-state index contributed by atoms with van der Waals surface area (Å²) < 4.78 is 0. The summed E-state index contributed by atoms with van der Waals surface area (Å²) in [5, 5.41) is 2.34. The highest BCUT2D eigenvalue weighted by Gasteiger charge is 2.13. The molecule has 0 amide bonds. The van der Waals surface area contributed by atoms with Crippen molar-refractivity contribution in [3.63, 3.8) is 0 Å². The highest BCUT2D eigenvalue weighted by Crippen LogP contribution is 2.51. The van der Waals surface area contributed by atoms with Crippen molar-refractivity contribution in [3.05, 3.63) is 46.2 Å². The third-order valence-corrected chi connectivity index (χ3v) is 4.79. The predicted molar refractivity (Wildman–Crippen MR) is 62.2 cm³/mol. The molecule has 1 heterocycles. The maximum atomic E-state index is 2.34. The summed E-state index contributed by atoms with van der Waals surface area (Å²) in [4.78, 5) is 3.00. The Morgan fingerprint density at radius 3 is 2.85 bits per heavy atom. The van der Waals surface area contributed by atoms with Gasteiger partial charge in [0, 0.05) is 4.90 Å². The number of hydrogen-bond acceptors (Lipinski definition) is 0. The lowest BCUT2D eigenvalue weighted by Gasteiger charge is -2.15. The highest BCUT2D eigenvalue weighted by molar-refractivity contribution is 8.23. The normalized spacial score (nSPS) is 23.2. The number of allylic oxidation sites excluding steroid dienone is 2. The van der Waals surface area contributed by atoms with Crippen LogP contribution in [0.3, 0.4) is 0 Å². The molecule has 13 heavy (non-hydrogen) atoms. The minimum absolute atomic E-state index is 0.142. The maximum Gasteiger partial charge on any atom is 0.00199 e. The van der Waals surface area contributed by atoms with Crippen molar-refractivity contribution in [1.82, 2.24) is 0 Å². The Labute approximate surface area is 82.3 Å². The maximum absolute atomic E-state index is 2.34. The third kappa shape index (κ3) is 1.44. The van der Waals surface area contributed by atoms with Crippen LogP contribution in [0.2, 0.25) is 0 Å². The number of benzene rings is 1. The van der Waals surface area contributed by atoms with Crippen LogP contribution in [0.5, 0.6) is 0 Å². The molecular formula is C12H14S. The average Bonchev–Trinajstić information content (AvgIpc) is 2.60. The van der Waals surface area contributed by atoms with Crippen molar-refractivity contribution in [2.75, 3.05) is 0 Å². The molecule has 1 heteroatoms. The molecule has 0 saturated heterocycles. The van der Waals surface area contributed by atoms with Crippen molar-refractivity contribution in [1.29, 1.82) is 0 Å². The standard InChI is InChI=1S/C12H14S/c1-3-10(2)13-9-8-11-6-4-5-7-12(11)13/h3-9,13H,1-2H3. The van der Waals surface area contributed by atoms with E-state index < -0.39 is 0 Å². The Kier molecular flexibility index (Phi) is 2.28. The molecule has 1 atom stereocenters. The molecule has 0 radical (unpaired) electrons. The van der Waals surface area contributed by atoms with Gasteiger partial charge in [-0.15, -0.1) is 0 Å². The van der Waals surface area contributed by atoms with Gasteiger partial charge in [0.1, 0.15) is 0 Å². The van der Waals surface area contributed by atoms with Gasteiger partial charge in [-0.25, -0.2) is 0 Å². The molecule has 0 bridgehead atoms. The number of thiol groups is 1. The molecule has 1 aliphatic rings. The van der Waals surface area contributed by atoms with E-state index in [1.165, 1.54) is 15.4 Å². The van der Waals surface area contributed by atoms with E-state index in [0.717, 1.165) is 0 Å². The van der Waals surface area contributed by atoms with E-state index in [4.69, 9.17) is 0 Å². The van der Waals surface area contributed by atoms with Crippen LogP contribution in [-0.2, 0) is 0 Å². The lowest BCUT2D eigenvalue weighted by atomic mass is 10.2. The quantitative estimate of drug-likeness (QED) is 0.637. The number of rotatable bonds is 1. The topological polar surface area (TPSA) is 0 Å². The van der Waals surface area contributed by atoms with E-state index in [0.29, 0.717) is 0 Å². The van der Waals surface area contributed by atoms with Gasteiger partial charge in [-0.05, 0) is 41.9 Å². The first-order valence-corrected chi connectivity index (χ1v) is 5.93. The SMILES string of the molecule is CC=C(C)[SH]1C=Cc2ccccc21. The van der Waals surface area contributed by atoms with E-state index in [-0.39, 0.29) is 10.9 Å². The molecule has 1 unspecified atom stereocenters. The van der Waals surface area contributed by atoms with Gasteiger partial charge in [-0.1, -0.05) is 24.3 Å². The van der Waals surface area contributed by atoms with Crippen molar-refractivity contribution in [2.24, 2.45) is 0 Å². The Morgan fingerprint density at radius 2 is 2.08 bits per heavy atom. The van der Waals surface area contributed by atoms with Crippen LogP contribution in [0.25, 0.3) is 6.08 Å². The van der Waals surface area contributed by atoms with Gasteiger partial charge in [-0.2, -0.15) is 10.9 Å². The Hall–Kier alpha value is -0.950. The average molecular weight is 190 g/mol. The van der Waals surface area contributed by atoms with Crippen molar-refractivity contribution in [2.45, 2.75) is 18.7 Å². The summed E-state index contributed by atoms with van der Waals surface area (Å²) in [6.07, 6.45) is 4.46. The van der Waals surface area contributed by atoms with Gasteiger partial charge in [0.2, 0.25) is 0 Å². The van der Waals surface area contributed by atoms with E-state index >= 15 is 0 Å². The fourth-order valence-corrected chi connectivity index (χ4v) is 3.57. The summed E-state index contributed by atoms with van der Waals surface area (Å²) in [5.41, 5.74) is 1.40. The zero-order chi connectivity index (χ0) is 9.26. The molecule has 0 saturated carbocycles. The molecule has 1 aromatic rings. The molecule has 0 aliphatic carbocycles. The van der Waals surface area contributed by atoms with Crippen LogP contribution >= 0.6 is 10.9 Å². The Morgan fingerprint density at radius 1 is 1.31 bits per heavy atom. The van der Waals surface area contributed by atoms with Gasteiger partial charge >= 0.3 is 0 Å². The molecule has 0 spiro atoms. The first-order chi connectivity index (χ1) is 6.33. The zero-order valence-electron chi connectivity index (χ0n) is 7.99. The minimum Gasteiger partial charge on any atom is -0.183 e. The monoisotopic (exact) mass is 190 g/mol. The van der Waals surface area contributed by atoms with Gasteiger partial charge < -0.3 is 0 Å². The van der Waals surface area contributed by atoms with E-state index in [1.807, 2.05) is 0 Å². The molecule has 0 nitrogen and oxygen atoms in total. The fourth-order valence-electron chi connectivity index (χ4n) is 1.53. The summed E-state index contributed by atoms with van der Waals surface area (Å²) in [6.45, 7) is 4.34. The molecule has 0 aromatic heterocycles. The third-order valence-electron chi connectivity index (χ3n) is 2.40. The van der Waals surface area contributed by atoms with Crippen molar-refractivity contribution in [3.8, 4) is 0 Å². The molecule has 1 aromatic carbocycles. The number of hydrogen-bond donors (Lipinski definition) is 1. The van der Waals surface area contributed by atoms with Gasteiger partial charge in [0.25, 0.3) is 0 Å². The van der Waals surface area contributed by atoms with Crippen LogP contribution < -0.4 is 0 Å².